The van der Waals surface area contributed by atoms with Gasteiger partial charge >= 0.3 is 0 Å². The first kappa shape index (κ1) is 17.5. The van der Waals surface area contributed by atoms with Crippen LogP contribution in [0.3, 0.4) is 0 Å². The molecule has 6 heteroatoms. The van der Waals surface area contributed by atoms with E-state index in [-0.39, 0.29) is 23.8 Å². The van der Waals surface area contributed by atoms with Crippen molar-refractivity contribution in [3.8, 4) is 0 Å². The molecule has 1 fully saturated rings. The Morgan fingerprint density at radius 1 is 1.28 bits per heavy atom. The van der Waals surface area contributed by atoms with E-state index < -0.39 is 0 Å². The Bertz CT molecular complexity index is 743. The molecular weight excluding hydrogens is 316 g/mol. The van der Waals surface area contributed by atoms with Crippen LogP contribution in [0.1, 0.15) is 49.9 Å². The van der Waals surface area contributed by atoms with Gasteiger partial charge in [0.15, 0.2) is 0 Å². The topological polar surface area (TPSA) is 78.1 Å². The van der Waals surface area contributed by atoms with Gasteiger partial charge in [0.1, 0.15) is 0 Å². The highest BCUT2D eigenvalue weighted by atomic mass is 16.2. The number of nitrogens with one attached hydrogen (secondary N) is 2. The molecule has 6 nitrogen and oxygen atoms in total. The van der Waals surface area contributed by atoms with E-state index >= 15 is 0 Å². The monoisotopic (exact) mass is 342 g/mol. The molecule has 1 aromatic carbocycles. The van der Waals surface area contributed by atoms with Gasteiger partial charge in [0.05, 0.1) is 17.4 Å². The fourth-order valence-electron chi connectivity index (χ4n) is 3.46. The number of H-pyrrole nitrogens is 1. The third kappa shape index (κ3) is 3.83. The highest BCUT2D eigenvalue weighted by molar-refractivity contribution is 5.97. The fraction of sp³-hybridized carbons (Fsp3) is 0.526. The van der Waals surface area contributed by atoms with Gasteiger partial charge in [0.2, 0.25) is 5.91 Å². The zero-order chi connectivity index (χ0) is 17.8. The van der Waals surface area contributed by atoms with E-state index in [1.54, 1.807) is 6.33 Å². The van der Waals surface area contributed by atoms with E-state index in [2.05, 4.69) is 15.3 Å². The van der Waals surface area contributed by atoms with Crippen molar-refractivity contribution >= 4 is 22.8 Å². The molecule has 0 aliphatic carbocycles. The molecule has 0 saturated carbocycles. The smallest absolute Gasteiger partial charge is 0.253 e. The Labute approximate surface area is 148 Å². The molecule has 0 radical (unpaired) electrons. The molecule has 1 saturated heterocycles. The minimum absolute atomic E-state index is 0.0428. The van der Waals surface area contributed by atoms with Crippen LogP contribution in [0, 0.1) is 5.92 Å². The molecule has 2 amide bonds. The summed E-state index contributed by atoms with van der Waals surface area (Å²) in [6.45, 7) is 5.44. The van der Waals surface area contributed by atoms with Gasteiger partial charge in [-0.2, -0.15) is 0 Å². The molecule has 0 bridgehead atoms. The van der Waals surface area contributed by atoms with Gasteiger partial charge in [-0.05, 0) is 43.9 Å². The average Bonchev–Trinajstić information content (AvgIpc) is 3.10. The van der Waals surface area contributed by atoms with E-state index in [9.17, 15) is 9.59 Å². The van der Waals surface area contributed by atoms with Crippen molar-refractivity contribution in [2.45, 2.75) is 45.6 Å². The molecule has 3 rings (SSSR count). The number of fused-ring (bicyclic) bond motifs is 1. The lowest BCUT2D eigenvalue weighted by Gasteiger charge is -2.33. The predicted octanol–water partition coefficient (Wildman–Crippen LogP) is 2.72. The van der Waals surface area contributed by atoms with Crippen LogP contribution in [0.2, 0.25) is 0 Å². The molecule has 0 unspecified atom stereocenters. The molecule has 0 atom stereocenters. The van der Waals surface area contributed by atoms with E-state index in [0.717, 1.165) is 36.7 Å². The summed E-state index contributed by atoms with van der Waals surface area (Å²) in [5, 5.41) is 3.15. The number of hydrogen-bond donors (Lipinski definition) is 2. The summed E-state index contributed by atoms with van der Waals surface area (Å²) in [6, 6.07) is 5.71. The molecular formula is C19H26N4O2. The lowest BCUT2D eigenvalue weighted by atomic mass is 9.99. The molecule has 1 aliphatic heterocycles. The summed E-state index contributed by atoms with van der Waals surface area (Å²) in [5.41, 5.74) is 2.41. The van der Waals surface area contributed by atoms with Crippen LogP contribution in [0.25, 0.3) is 11.0 Å². The van der Waals surface area contributed by atoms with Gasteiger partial charge in [-0.3, -0.25) is 9.59 Å². The zero-order valence-electron chi connectivity index (χ0n) is 14.9. The van der Waals surface area contributed by atoms with Crippen molar-refractivity contribution in [1.82, 2.24) is 20.2 Å². The number of benzene rings is 1. The third-order valence-electron chi connectivity index (χ3n) is 5.15. The normalized spacial score (nSPS) is 15.7. The average molecular weight is 342 g/mol. The Hall–Kier alpha value is -2.37. The number of hydrogen-bond acceptors (Lipinski definition) is 3. The molecule has 25 heavy (non-hydrogen) atoms. The van der Waals surface area contributed by atoms with Crippen LogP contribution in [0.15, 0.2) is 24.5 Å². The van der Waals surface area contributed by atoms with Gasteiger partial charge in [0, 0.05) is 30.6 Å². The van der Waals surface area contributed by atoms with E-state index in [4.69, 9.17) is 0 Å². The van der Waals surface area contributed by atoms with Gasteiger partial charge in [0.25, 0.3) is 5.91 Å². The van der Waals surface area contributed by atoms with Crippen LogP contribution >= 0.6 is 0 Å². The summed E-state index contributed by atoms with van der Waals surface area (Å²) in [4.78, 5) is 34.0. The Balaban J connectivity index is 1.56. The number of nitrogens with zero attached hydrogens (tertiary/aromatic N) is 2. The number of aromatic amines is 1. The number of rotatable bonds is 5. The van der Waals surface area contributed by atoms with Crippen LogP contribution in [0.5, 0.6) is 0 Å². The summed E-state index contributed by atoms with van der Waals surface area (Å²) in [6.07, 6.45) is 4.99. The Morgan fingerprint density at radius 3 is 2.68 bits per heavy atom. The second-order valence-corrected chi connectivity index (χ2v) is 6.72. The predicted molar refractivity (Wildman–Crippen MR) is 97.2 cm³/mol. The second-order valence-electron chi connectivity index (χ2n) is 6.72. The van der Waals surface area contributed by atoms with Crippen molar-refractivity contribution in [2.75, 3.05) is 13.1 Å². The number of amides is 2. The lowest BCUT2D eigenvalue weighted by molar-refractivity contribution is -0.126. The van der Waals surface area contributed by atoms with E-state index in [1.165, 1.54) is 0 Å². The SMILES string of the molecule is CCC(CC)C(=O)NC1CCN(C(=O)c2ccc3nc[nH]c3c2)CC1. The molecule has 2 heterocycles. The van der Waals surface area contributed by atoms with E-state index in [1.807, 2.05) is 36.9 Å². The minimum Gasteiger partial charge on any atom is -0.353 e. The van der Waals surface area contributed by atoms with Crippen LogP contribution in [-0.4, -0.2) is 45.8 Å². The molecule has 1 aliphatic rings. The lowest BCUT2D eigenvalue weighted by Crippen LogP contribution is -2.47. The number of likely N-dealkylation sites (tertiary alicyclic amines) is 1. The maximum atomic E-state index is 12.7. The fourth-order valence-corrected chi connectivity index (χ4v) is 3.46. The number of aromatic nitrogens is 2. The van der Waals surface area contributed by atoms with Gasteiger partial charge in [-0.15, -0.1) is 0 Å². The highest BCUT2D eigenvalue weighted by Gasteiger charge is 2.26. The van der Waals surface area contributed by atoms with Crippen LogP contribution in [-0.2, 0) is 4.79 Å². The molecule has 134 valence electrons. The number of carbonyl (C=O) groups is 2. The minimum atomic E-state index is 0.0428. The summed E-state index contributed by atoms with van der Waals surface area (Å²) < 4.78 is 0. The Kier molecular flexibility index (Phi) is 5.36. The first-order valence-corrected chi connectivity index (χ1v) is 9.15. The number of carbonyl (C=O) groups excluding carboxylic acids is 2. The summed E-state index contributed by atoms with van der Waals surface area (Å²) in [5.74, 6) is 0.293. The van der Waals surface area contributed by atoms with Crippen molar-refractivity contribution < 1.29 is 9.59 Å². The molecule has 2 N–H and O–H groups in total. The first-order chi connectivity index (χ1) is 12.1. The van der Waals surface area contributed by atoms with Gasteiger partial charge in [-0.1, -0.05) is 13.8 Å². The van der Waals surface area contributed by atoms with Crippen LogP contribution < -0.4 is 5.32 Å². The van der Waals surface area contributed by atoms with Crippen LogP contribution in [0.4, 0.5) is 0 Å². The number of piperidine rings is 1. The standard InChI is InChI=1S/C19H26N4O2/c1-3-13(4-2)18(24)22-15-7-9-23(10-8-15)19(25)14-5-6-16-17(11-14)21-12-20-16/h5-6,11-13,15H,3-4,7-10H2,1-2H3,(H,20,21)(H,22,24). The molecule has 1 aromatic heterocycles. The Morgan fingerprint density at radius 2 is 2.00 bits per heavy atom. The largest absolute Gasteiger partial charge is 0.353 e. The summed E-state index contributed by atoms with van der Waals surface area (Å²) in [7, 11) is 0. The maximum Gasteiger partial charge on any atom is 0.253 e. The highest BCUT2D eigenvalue weighted by Crippen LogP contribution is 2.18. The van der Waals surface area contributed by atoms with Crippen molar-refractivity contribution in [3.05, 3.63) is 30.1 Å². The van der Waals surface area contributed by atoms with Gasteiger partial charge < -0.3 is 15.2 Å². The maximum absolute atomic E-state index is 12.7. The van der Waals surface area contributed by atoms with Crippen molar-refractivity contribution in [3.63, 3.8) is 0 Å². The summed E-state index contributed by atoms with van der Waals surface area (Å²) >= 11 is 0. The van der Waals surface area contributed by atoms with Gasteiger partial charge in [-0.25, -0.2) is 4.98 Å². The molecule has 0 spiro atoms. The second kappa shape index (κ2) is 7.68. The third-order valence-corrected chi connectivity index (χ3v) is 5.15. The van der Waals surface area contributed by atoms with Crippen molar-refractivity contribution in [1.29, 1.82) is 0 Å². The number of imidazole rings is 1. The first-order valence-electron chi connectivity index (χ1n) is 9.15. The zero-order valence-corrected chi connectivity index (χ0v) is 14.9. The quantitative estimate of drug-likeness (QED) is 0.877. The van der Waals surface area contributed by atoms with E-state index in [0.29, 0.717) is 18.7 Å². The molecule has 2 aromatic rings. The van der Waals surface area contributed by atoms with Crippen molar-refractivity contribution in [2.24, 2.45) is 5.92 Å².